The number of rotatable bonds is 6. The van der Waals surface area contributed by atoms with Gasteiger partial charge in [0.05, 0.1) is 12.9 Å². The van der Waals surface area contributed by atoms with Gasteiger partial charge >= 0.3 is 6.61 Å². The minimum atomic E-state index is -2.90. The molecule has 0 aliphatic carbocycles. The molecule has 1 atom stereocenters. The lowest BCUT2D eigenvalue weighted by Crippen LogP contribution is -2.23. The average Bonchev–Trinajstić information content (AvgIpc) is 3.18. The lowest BCUT2D eigenvalue weighted by atomic mass is 9.80. The van der Waals surface area contributed by atoms with Crippen LogP contribution in [0.4, 0.5) is 13.2 Å². The second-order valence-electron chi connectivity index (χ2n) is 7.75. The Hall–Kier alpha value is -3.48. The predicted molar refractivity (Wildman–Crippen MR) is 118 cm³/mol. The van der Waals surface area contributed by atoms with E-state index in [0.29, 0.717) is 41.1 Å². The highest BCUT2D eigenvalue weighted by atomic mass is 19.3. The number of hydrogen-bond acceptors (Lipinski definition) is 4. The lowest BCUT2D eigenvalue weighted by Gasteiger charge is -2.28. The van der Waals surface area contributed by atoms with Gasteiger partial charge in [-0.15, -0.1) is 0 Å². The Kier molecular flexibility index (Phi) is 5.82. The van der Waals surface area contributed by atoms with Crippen molar-refractivity contribution in [1.82, 2.24) is 0 Å². The standard InChI is InChI=1S/C25H23F3N2O2/c1-15-12-18(6-9-22(15)32-24(27)28)25(11-10-23(29)30-25)17-5-3-4-16(13-17)20-14-19(31-2)7-8-21(20)26/h3-9,12-14,24H,10-11H2,1-2H3,(H2,29,30). The normalized spacial score (nSPS) is 18.0. The Morgan fingerprint density at radius 1 is 1.03 bits per heavy atom. The van der Waals surface area contributed by atoms with Gasteiger partial charge in [-0.1, -0.05) is 24.3 Å². The molecule has 3 aromatic rings. The number of alkyl halides is 2. The van der Waals surface area contributed by atoms with Crippen LogP contribution < -0.4 is 15.2 Å². The van der Waals surface area contributed by atoms with Crippen molar-refractivity contribution in [1.29, 1.82) is 0 Å². The number of benzene rings is 3. The molecule has 0 aromatic heterocycles. The lowest BCUT2D eigenvalue weighted by molar-refractivity contribution is -0.0503. The average molecular weight is 440 g/mol. The van der Waals surface area contributed by atoms with Crippen LogP contribution in [0.2, 0.25) is 0 Å². The predicted octanol–water partition coefficient (Wildman–Crippen LogP) is 5.81. The monoisotopic (exact) mass is 440 g/mol. The Bertz CT molecular complexity index is 1180. The summed E-state index contributed by atoms with van der Waals surface area (Å²) in [5, 5.41) is 0. The zero-order valence-electron chi connectivity index (χ0n) is 17.7. The molecule has 4 rings (SSSR count). The van der Waals surface area contributed by atoms with Crippen LogP contribution in [0.5, 0.6) is 11.5 Å². The first kappa shape index (κ1) is 21.7. The molecule has 0 amide bonds. The summed E-state index contributed by atoms with van der Waals surface area (Å²) in [7, 11) is 1.53. The highest BCUT2D eigenvalue weighted by molar-refractivity contribution is 5.84. The van der Waals surface area contributed by atoms with Gasteiger partial charge in [-0.25, -0.2) is 4.39 Å². The minimum Gasteiger partial charge on any atom is -0.497 e. The highest BCUT2D eigenvalue weighted by Crippen LogP contribution is 2.44. The van der Waals surface area contributed by atoms with Crippen LogP contribution in [0.1, 0.15) is 29.5 Å². The van der Waals surface area contributed by atoms with Crippen LogP contribution in [0.25, 0.3) is 11.1 Å². The molecule has 2 N–H and O–H groups in total. The molecule has 0 radical (unpaired) electrons. The van der Waals surface area contributed by atoms with Crippen LogP contribution in [-0.4, -0.2) is 19.6 Å². The molecule has 0 saturated heterocycles. The molecule has 32 heavy (non-hydrogen) atoms. The summed E-state index contributed by atoms with van der Waals surface area (Å²) in [6.45, 7) is -1.19. The molecule has 1 aliphatic heterocycles. The van der Waals surface area contributed by atoms with Gasteiger partial charge in [0.1, 0.15) is 22.9 Å². The molecular weight excluding hydrogens is 417 g/mol. The third-order valence-electron chi connectivity index (χ3n) is 5.77. The first-order valence-corrected chi connectivity index (χ1v) is 10.2. The van der Waals surface area contributed by atoms with Crippen LogP contribution in [0.3, 0.4) is 0 Å². The molecule has 0 fully saturated rings. The van der Waals surface area contributed by atoms with Gasteiger partial charge in [0, 0.05) is 12.0 Å². The molecule has 4 nitrogen and oxygen atoms in total. The smallest absolute Gasteiger partial charge is 0.387 e. The first-order valence-electron chi connectivity index (χ1n) is 10.2. The van der Waals surface area contributed by atoms with E-state index in [1.165, 1.54) is 19.2 Å². The number of halogens is 3. The van der Waals surface area contributed by atoms with E-state index >= 15 is 0 Å². The fraction of sp³-hybridized carbons (Fsp3) is 0.240. The Morgan fingerprint density at radius 2 is 1.81 bits per heavy atom. The number of amidine groups is 1. The maximum Gasteiger partial charge on any atom is 0.387 e. The van der Waals surface area contributed by atoms with Crippen molar-refractivity contribution in [3.63, 3.8) is 0 Å². The van der Waals surface area contributed by atoms with Crippen molar-refractivity contribution in [2.45, 2.75) is 31.9 Å². The van der Waals surface area contributed by atoms with E-state index < -0.39 is 12.2 Å². The number of ether oxygens (including phenoxy) is 2. The fourth-order valence-electron chi connectivity index (χ4n) is 4.18. The quantitative estimate of drug-likeness (QED) is 0.527. The van der Waals surface area contributed by atoms with Gasteiger partial charge in [-0.2, -0.15) is 8.78 Å². The van der Waals surface area contributed by atoms with E-state index in [1.54, 1.807) is 31.2 Å². The van der Waals surface area contributed by atoms with E-state index in [4.69, 9.17) is 15.5 Å². The number of aliphatic imine (C=N–C) groups is 1. The third kappa shape index (κ3) is 4.02. The first-order chi connectivity index (χ1) is 15.3. The maximum atomic E-state index is 14.6. The minimum absolute atomic E-state index is 0.112. The molecule has 3 aromatic carbocycles. The van der Waals surface area contributed by atoms with Gasteiger partial charge in [-0.3, -0.25) is 4.99 Å². The van der Waals surface area contributed by atoms with Crippen molar-refractivity contribution < 1.29 is 22.6 Å². The molecule has 0 spiro atoms. The summed E-state index contributed by atoms with van der Waals surface area (Å²) in [4.78, 5) is 4.77. The largest absolute Gasteiger partial charge is 0.497 e. The molecular formula is C25H23F3N2O2. The van der Waals surface area contributed by atoms with E-state index in [1.807, 2.05) is 24.3 Å². The van der Waals surface area contributed by atoms with Crippen LogP contribution in [0.15, 0.2) is 65.7 Å². The summed E-state index contributed by atoms with van der Waals surface area (Å²) in [5.74, 6) is 0.806. The van der Waals surface area contributed by atoms with Crippen molar-refractivity contribution in [2.24, 2.45) is 10.7 Å². The number of hydrogen-bond donors (Lipinski definition) is 1. The van der Waals surface area contributed by atoms with Gasteiger partial charge in [0.2, 0.25) is 0 Å². The summed E-state index contributed by atoms with van der Waals surface area (Å²) in [6.07, 6.45) is 1.20. The van der Waals surface area contributed by atoms with Crippen molar-refractivity contribution >= 4 is 5.84 Å². The number of nitrogens with two attached hydrogens (primary N) is 1. The summed E-state index contributed by atoms with van der Waals surface area (Å²) < 4.78 is 49.8. The zero-order chi connectivity index (χ0) is 22.9. The zero-order valence-corrected chi connectivity index (χ0v) is 17.7. The van der Waals surface area contributed by atoms with Gasteiger partial charge in [-0.05, 0) is 72.0 Å². The second kappa shape index (κ2) is 8.57. The second-order valence-corrected chi connectivity index (χ2v) is 7.75. The van der Waals surface area contributed by atoms with E-state index in [9.17, 15) is 13.2 Å². The van der Waals surface area contributed by atoms with Crippen molar-refractivity contribution in [3.05, 3.63) is 83.2 Å². The van der Waals surface area contributed by atoms with Crippen molar-refractivity contribution in [2.75, 3.05) is 7.11 Å². The van der Waals surface area contributed by atoms with Crippen LogP contribution in [0, 0.1) is 12.7 Å². The molecule has 166 valence electrons. The molecule has 7 heteroatoms. The summed E-state index contributed by atoms with van der Waals surface area (Å²) in [6, 6.07) is 17.1. The molecule has 0 bridgehead atoms. The molecule has 1 aliphatic rings. The summed E-state index contributed by atoms with van der Waals surface area (Å²) >= 11 is 0. The Balaban J connectivity index is 1.83. The molecule has 1 unspecified atom stereocenters. The van der Waals surface area contributed by atoms with Gasteiger partial charge in [0.15, 0.2) is 0 Å². The topological polar surface area (TPSA) is 56.8 Å². The fourth-order valence-corrected chi connectivity index (χ4v) is 4.18. The van der Waals surface area contributed by atoms with E-state index in [-0.39, 0.29) is 11.6 Å². The third-order valence-corrected chi connectivity index (χ3v) is 5.77. The number of nitrogens with zero attached hydrogens (tertiary/aromatic N) is 1. The summed E-state index contributed by atoms with van der Waals surface area (Å²) in [5.41, 5.74) is 8.57. The number of methoxy groups -OCH3 is 1. The van der Waals surface area contributed by atoms with E-state index in [2.05, 4.69) is 4.74 Å². The van der Waals surface area contributed by atoms with Gasteiger partial charge in [0.25, 0.3) is 0 Å². The van der Waals surface area contributed by atoms with E-state index in [0.717, 1.165) is 11.1 Å². The highest BCUT2D eigenvalue weighted by Gasteiger charge is 2.38. The molecule has 0 saturated carbocycles. The Labute approximate surface area is 184 Å². The number of aryl methyl sites for hydroxylation is 1. The van der Waals surface area contributed by atoms with Crippen molar-refractivity contribution in [3.8, 4) is 22.6 Å². The van der Waals surface area contributed by atoms with Gasteiger partial charge < -0.3 is 15.2 Å². The van der Waals surface area contributed by atoms with Crippen LogP contribution in [-0.2, 0) is 5.54 Å². The molecule has 1 heterocycles. The Morgan fingerprint density at radius 3 is 2.47 bits per heavy atom. The maximum absolute atomic E-state index is 14.6. The van der Waals surface area contributed by atoms with Crippen LogP contribution >= 0.6 is 0 Å². The SMILES string of the molecule is COc1ccc(F)c(-c2cccc(C3(c4ccc(OC(F)F)c(C)c4)CCC(N)=N3)c2)c1.